The van der Waals surface area contributed by atoms with Crippen LogP contribution in [0.4, 0.5) is 10.5 Å². The molecule has 23 heavy (non-hydrogen) atoms. The summed E-state index contributed by atoms with van der Waals surface area (Å²) in [5.41, 5.74) is -0.0540. The second kappa shape index (κ2) is 7.85. The van der Waals surface area contributed by atoms with Crippen LogP contribution in [0.1, 0.15) is 40.5 Å². The number of nitrogens with one attached hydrogen (secondary N) is 1. The first kappa shape index (κ1) is 18.8. The molecular weight excluding hydrogens is 296 g/mol. The van der Waals surface area contributed by atoms with E-state index in [1.54, 1.807) is 40.0 Å². The van der Waals surface area contributed by atoms with Crippen molar-refractivity contribution < 1.29 is 19.4 Å². The summed E-state index contributed by atoms with van der Waals surface area (Å²) in [6.45, 7) is 7.29. The van der Waals surface area contributed by atoms with Crippen LogP contribution in [0, 0.1) is 0 Å². The number of likely N-dealkylation sites (N-methyl/N-ethyl adjacent to an activating group) is 1. The van der Waals surface area contributed by atoms with Gasteiger partial charge in [0, 0.05) is 12.7 Å². The van der Waals surface area contributed by atoms with Gasteiger partial charge in [-0.15, -0.1) is 0 Å². The van der Waals surface area contributed by atoms with E-state index >= 15 is 0 Å². The van der Waals surface area contributed by atoms with E-state index in [4.69, 9.17) is 4.74 Å². The van der Waals surface area contributed by atoms with E-state index in [1.807, 2.05) is 6.92 Å². The van der Waals surface area contributed by atoms with Crippen molar-refractivity contribution in [1.82, 2.24) is 4.90 Å². The zero-order chi connectivity index (χ0) is 17.6. The lowest BCUT2D eigenvalue weighted by Crippen LogP contribution is -2.46. The van der Waals surface area contributed by atoms with E-state index in [1.165, 1.54) is 17.0 Å². The maximum absolute atomic E-state index is 12.5. The number of benzene rings is 1. The minimum absolute atomic E-state index is 0.124. The summed E-state index contributed by atoms with van der Waals surface area (Å²) in [4.78, 5) is 26.0. The summed E-state index contributed by atoms with van der Waals surface area (Å²) in [5, 5.41) is 12.0. The molecule has 0 aliphatic rings. The molecule has 1 aromatic rings. The lowest BCUT2D eigenvalue weighted by molar-refractivity contribution is -0.121. The van der Waals surface area contributed by atoms with Crippen molar-refractivity contribution in [3.63, 3.8) is 0 Å². The summed E-state index contributed by atoms with van der Waals surface area (Å²) in [6.07, 6.45) is 0.748. The van der Waals surface area contributed by atoms with Crippen LogP contribution in [-0.2, 0) is 9.53 Å². The molecule has 0 saturated carbocycles. The zero-order valence-electron chi connectivity index (χ0n) is 14.4. The number of carbonyl (C=O) groups excluding carboxylic acids is 2. The number of carbonyl (C=O) groups is 2. The van der Waals surface area contributed by atoms with Crippen molar-refractivity contribution in [3.8, 4) is 5.75 Å². The number of hydrogen-bond acceptors (Lipinski definition) is 4. The molecule has 1 unspecified atom stereocenters. The van der Waals surface area contributed by atoms with Gasteiger partial charge in [0.1, 0.15) is 17.4 Å². The molecule has 0 aliphatic heterocycles. The standard InChI is InChI=1S/C17H26N2O4/c1-6-7-14(19(5)16(22)23-17(2,3)4)15(21)18-12-8-10-13(20)11-9-12/h8-11,14,20H,6-7H2,1-5H3,(H,18,21). The van der Waals surface area contributed by atoms with E-state index in [2.05, 4.69) is 5.32 Å². The fraction of sp³-hybridized carbons (Fsp3) is 0.529. The fourth-order valence-electron chi connectivity index (χ4n) is 2.01. The lowest BCUT2D eigenvalue weighted by atomic mass is 10.1. The van der Waals surface area contributed by atoms with Crippen molar-refractivity contribution in [2.75, 3.05) is 12.4 Å². The minimum Gasteiger partial charge on any atom is -0.508 e. The maximum Gasteiger partial charge on any atom is 0.410 e. The highest BCUT2D eigenvalue weighted by molar-refractivity contribution is 5.96. The summed E-state index contributed by atoms with van der Waals surface area (Å²) >= 11 is 0. The molecule has 0 radical (unpaired) electrons. The molecule has 0 aliphatic carbocycles. The van der Waals surface area contributed by atoms with Gasteiger partial charge in [-0.3, -0.25) is 9.69 Å². The number of ether oxygens (including phenoxy) is 1. The van der Waals surface area contributed by atoms with Crippen molar-refractivity contribution in [1.29, 1.82) is 0 Å². The molecule has 0 heterocycles. The Kier molecular flexibility index (Phi) is 6.42. The molecule has 128 valence electrons. The van der Waals surface area contributed by atoms with Gasteiger partial charge >= 0.3 is 6.09 Å². The summed E-state index contributed by atoms with van der Waals surface area (Å²) in [5.74, 6) is -0.162. The number of aromatic hydroxyl groups is 1. The van der Waals surface area contributed by atoms with Crippen LogP contribution in [0.2, 0.25) is 0 Å². The van der Waals surface area contributed by atoms with E-state index in [0.717, 1.165) is 6.42 Å². The Bertz CT molecular complexity index is 535. The number of nitrogens with zero attached hydrogens (tertiary/aromatic N) is 1. The van der Waals surface area contributed by atoms with Crippen molar-refractivity contribution in [2.45, 2.75) is 52.2 Å². The van der Waals surface area contributed by atoms with Gasteiger partial charge in [-0.2, -0.15) is 0 Å². The van der Waals surface area contributed by atoms with Gasteiger partial charge in [-0.25, -0.2) is 4.79 Å². The van der Waals surface area contributed by atoms with E-state index in [0.29, 0.717) is 12.1 Å². The first-order valence-corrected chi connectivity index (χ1v) is 7.69. The molecular formula is C17H26N2O4. The van der Waals surface area contributed by atoms with Gasteiger partial charge in [-0.05, 0) is 51.5 Å². The second-order valence-corrected chi connectivity index (χ2v) is 6.43. The summed E-state index contributed by atoms with van der Waals surface area (Å²) in [6, 6.07) is 5.56. The fourth-order valence-corrected chi connectivity index (χ4v) is 2.01. The quantitative estimate of drug-likeness (QED) is 0.815. The third-order valence-corrected chi connectivity index (χ3v) is 3.15. The van der Waals surface area contributed by atoms with Crippen LogP contribution in [0.5, 0.6) is 5.75 Å². The molecule has 6 heteroatoms. The maximum atomic E-state index is 12.5. The molecule has 2 amide bonds. The summed E-state index contributed by atoms with van der Waals surface area (Å²) < 4.78 is 5.32. The third-order valence-electron chi connectivity index (χ3n) is 3.15. The highest BCUT2D eigenvalue weighted by Gasteiger charge is 2.29. The predicted molar refractivity (Wildman–Crippen MR) is 89.4 cm³/mol. The SMILES string of the molecule is CCCC(C(=O)Nc1ccc(O)cc1)N(C)C(=O)OC(C)(C)C. The van der Waals surface area contributed by atoms with Gasteiger partial charge in [0.05, 0.1) is 0 Å². The average molecular weight is 322 g/mol. The van der Waals surface area contributed by atoms with Gasteiger partial charge in [0.15, 0.2) is 0 Å². The van der Waals surface area contributed by atoms with Crippen LogP contribution >= 0.6 is 0 Å². The lowest BCUT2D eigenvalue weighted by Gasteiger charge is -2.30. The number of rotatable bonds is 5. The molecule has 2 N–H and O–H groups in total. The Balaban J connectivity index is 2.81. The highest BCUT2D eigenvalue weighted by atomic mass is 16.6. The molecule has 1 aromatic carbocycles. The Morgan fingerprint density at radius 3 is 2.30 bits per heavy atom. The first-order chi connectivity index (χ1) is 10.6. The third kappa shape index (κ3) is 6.18. The summed E-state index contributed by atoms with van der Waals surface area (Å²) in [7, 11) is 1.56. The number of hydrogen-bond donors (Lipinski definition) is 2. The van der Waals surface area contributed by atoms with Crippen molar-refractivity contribution in [2.24, 2.45) is 0 Å². The van der Waals surface area contributed by atoms with Gasteiger partial charge in [-0.1, -0.05) is 13.3 Å². The Morgan fingerprint density at radius 1 is 1.26 bits per heavy atom. The Labute approximate surface area is 137 Å². The molecule has 0 fully saturated rings. The van der Waals surface area contributed by atoms with Gasteiger partial charge < -0.3 is 15.2 Å². The zero-order valence-corrected chi connectivity index (χ0v) is 14.4. The monoisotopic (exact) mass is 322 g/mol. The van der Waals surface area contributed by atoms with Crippen molar-refractivity contribution in [3.05, 3.63) is 24.3 Å². The molecule has 0 saturated heterocycles. The van der Waals surface area contributed by atoms with E-state index in [-0.39, 0.29) is 11.7 Å². The van der Waals surface area contributed by atoms with Crippen LogP contribution in [-0.4, -0.2) is 40.7 Å². The Morgan fingerprint density at radius 2 is 1.83 bits per heavy atom. The predicted octanol–water partition coefficient (Wildman–Crippen LogP) is 3.37. The van der Waals surface area contributed by atoms with E-state index in [9.17, 15) is 14.7 Å². The molecule has 0 spiro atoms. The smallest absolute Gasteiger partial charge is 0.410 e. The molecule has 6 nitrogen and oxygen atoms in total. The van der Waals surface area contributed by atoms with Gasteiger partial charge in [0.25, 0.3) is 0 Å². The van der Waals surface area contributed by atoms with E-state index < -0.39 is 17.7 Å². The molecule has 1 atom stereocenters. The first-order valence-electron chi connectivity index (χ1n) is 7.69. The Hall–Kier alpha value is -2.24. The number of phenolic OH excluding ortho intramolecular Hbond substituents is 1. The second-order valence-electron chi connectivity index (χ2n) is 6.43. The normalized spacial score (nSPS) is 12.4. The van der Waals surface area contributed by atoms with Crippen LogP contribution in [0.3, 0.4) is 0 Å². The van der Waals surface area contributed by atoms with Crippen molar-refractivity contribution >= 4 is 17.7 Å². The van der Waals surface area contributed by atoms with Crippen LogP contribution in [0.25, 0.3) is 0 Å². The number of anilines is 1. The minimum atomic E-state index is -0.622. The average Bonchev–Trinajstić information content (AvgIpc) is 2.44. The number of amides is 2. The largest absolute Gasteiger partial charge is 0.508 e. The molecule has 0 bridgehead atoms. The molecule has 0 aromatic heterocycles. The van der Waals surface area contributed by atoms with Crippen LogP contribution in [0.15, 0.2) is 24.3 Å². The van der Waals surface area contributed by atoms with Crippen LogP contribution < -0.4 is 5.32 Å². The topological polar surface area (TPSA) is 78.9 Å². The highest BCUT2D eigenvalue weighted by Crippen LogP contribution is 2.17. The molecule has 1 rings (SSSR count). The van der Waals surface area contributed by atoms with Gasteiger partial charge in [0.2, 0.25) is 5.91 Å². The number of phenols is 1.